The number of nitrogens with zero attached hydrogens (tertiary/aromatic N) is 3. The molecular weight excluding hydrogens is 354 g/mol. The number of morpholine rings is 1. The molecule has 2 amide bonds. The summed E-state index contributed by atoms with van der Waals surface area (Å²) in [4.78, 5) is 24.1. The fraction of sp³-hybridized carbons (Fsp3) is 0.476. The van der Waals surface area contributed by atoms with E-state index in [9.17, 15) is 4.79 Å². The lowest BCUT2D eigenvalue weighted by Crippen LogP contribution is -2.40. The number of amides is 2. The minimum Gasteiger partial charge on any atom is -0.378 e. The van der Waals surface area contributed by atoms with Crippen molar-refractivity contribution in [2.45, 2.75) is 32.7 Å². The van der Waals surface area contributed by atoms with E-state index in [4.69, 9.17) is 9.72 Å². The van der Waals surface area contributed by atoms with E-state index in [1.807, 2.05) is 36.5 Å². The zero-order chi connectivity index (χ0) is 19.6. The van der Waals surface area contributed by atoms with Gasteiger partial charge in [0.05, 0.1) is 24.9 Å². The lowest BCUT2D eigenvalue weighted by molar-refractivity contribution is 0.122. The summed E-state index contributed by atoms with van der Waals surface area (Å²) in [6, 6.07) is 9.14. The van der Waals surface area contributed by atoms with Gasteiger partial charge in [-0.15, -0.1) is 0 Å². The zero-order valence-electron chi connectivity index (χ0n) is 16.4. The number of urea groups is 1. The molecule has 1 aromatic carbocycles. The summed E-state index contributed by atoms with van der Waals surface area (Å²) < 4.78 is 5.42. The number of aromatic nitrogens is 2. The van der Waals surface area contributed by atoms with Crippen molar-refractivity contribution in [3.8, 4) is 0 Å². The molecule has 7 heteroatoms. The molecule has 1 unspecified atom stereocenters. The Bertz CT molecular complexity index is 834. The Morgan fingerprint density at radius 1 is 1.21 bits per heavy atom. The minimum atomic E-state index is -0.211. The zero-order valence-corrected chi connectivity index (χ0v) is 16.4. The summed E-state index contributed by atoms with van der Waals surface area (Å²) in [5.74, 6) is 0.757. The number of ether oxygens (including phenoxy) is 1. The molecule has 1 aliphatic carbocycles. The van der Waals surface area contributed by atoms with Crippen molar-refractivity contribution in [3.05, 3.63) is 47.8 Å². The number of carbonyl (C=O) groups is 1. The van der Waals surface area contributed by atoms with Crippen LogP contribution >= 0.6 is 0 Å². The largest absolute Gasteiger partial charge is 0.378 e. The summed E-state index contributed by atoms with van der Waals surface area (Å²) >= 11 is 0. The van der Waals surface area contributed by atoms with E-state index in [0.29, 0.717) is 13.2 Å². The molecule has 28 heavy (non-hydrogen) atoms. The van der Waals surface area contributed by atoms with Crippen LogP contribution in [0.4, 0.5) is 16.4 Å². The van der Waals surface area contributed by atoms with Crippen molar-refractivity contribution in [3.63, 3.8) is 0 Å². The van der Waals surface area contributed by atoms with Gasteiger partial charge in [0.1, 0.15) is 0 Å². The lowest BCUT2D eigenvalue weighted by Gasteiger charge is -2.37. The van der Waals surface area contributed by atoms with Crippen LogP contribution in [0, 0.1) is 5.41 Å². The van der Waals surface area contributed by atoms with Crippen LogP contribution in [0.3, 0.4) is 0 Å². The van der Waals surface area contributed by atoms with Gasteiger partial charge in [-0.1, -0.05) is 32.0 Å². The van der Waals surface area contributed by atoms with Crippen molar-refractivity contribution < 1.29 is 9.53 Å². The van der Waals surface area contributed by atoms with Gasteiger partial charge in [-0.2, -0.15) is 0 Å². The molecule has 1 fully saturated rings. The Morgan fingerprint density at radius 2 is 1.96 bits per heavy atom. The summed E-state index contributed by atoms with van der Waals surface area (Å²) in [5, 5.41) is 6.01. The van der Waals surface area contributed by atoms with E-state index in [2.05, 4.69) is 34.4 Å². The first-order chi connectivity index (χ1) is 13.5. The van der Waals surface area contributed by atoms with Gasteiger partial charge in [-0.25, -0.2) is 14.8 Å². The van der Waals surface area contributed by atoms with E-state index >= 15 is 0 Å². The molecule has 148 valence electrons. The highest BCUT2D eigenvalue weighted by Gasteiger charge is 2.35. The van der Waals surface area contributed by atoms with Crippen molar-refractivity contribution in [2.75, 3.05) is 36.5 Å². The maximum absolute atomic E-state index is 12.5. The molecule has 0 bridgehead atoms. The molecule has 1 saturated heterocycles. The molecule has 1 aliphatic heterocycles. The van der Waals surface area contributed by atoms with E-state index in [1.54, 1.807) is 0 Å². The van der Waals surface area contributed by atoms with Gasteiger partial charge < -0.3 is 20.3 Å². The molecule has 0 radical (unpaired) electrons. The van der Waals surface area contributed by atoms with Crippen LogP contribution < -0.4 is 15.5 Å². The number of benzene rings is 1. The second-order valence-corrected chi connectivity index (χ2v) is 8.23. The highest BCUT2D eigenvalue weighted by Crippen LogP contribution is 2.40. The monoisotopic (exact) mass is 381 g/mol. The lowest BCUT2D eigenvalue weighted by atomic mass is 9.74. The molecule has 1 atom stereocenters. The smallest absolute Gasteiger partial charge is 0.319 e. The predicted octanol–water partition coefficient (Wildman–Crippen LogP) is 3.15. The second kappa shape index (κ2) is 7.75. The molecule has 2 heterocycles. The van der Waals surface area contributed by atoms with Gasteiger partial charge in [-0.3, -0.25) is 0 Å². The average molecular weight is 381 g/mol. The Labute approximate surface area is 165 Å². The third-order valence-electron chi connectivity index (χ3n) is 5.30. The van der Waals surface area contributed by atoms with Crippen molar-refractivity contribution in [1.29, 1.82) is 0 Å². The predicted molar refractivity (Wildman–Crippen MR) is 109 cm³/mol. The number of anilines is 2. The number of rotatable bonds is 3. The van der Waals surface area contributed by atoms with E-state index in [1.165, 1.54) is 0 Å². The Hall–Kier alpha value is -2.67. The highest BCUT2D eigenvalue weighted by atomic mass is 16.5. The number of fused-ring (bicyclic) bond motifs is 1. The standard InChI is InChI=1S/C21H27N5O2/c1-21(2)12-17-16(14-22-19(24-17)26-8-10-28-11-9-26)18(13-21)25-20(27)23-15-6-4-3-5-7-15/h3-7,14,18H,8-13H2,1-2H3,(H2,23,25,27). The first-order valence-electron chi connectivity index (χ1n) is 9.81. The minimum absolute atomic E-state index is 0.0499. The Balaban J connectivity index is 1.53. The first-order valence-corrected chi connectivity index (χ1v) is 9.81. The second-order valence-electron chi connectivity index (χ2n) is 8.23. The number of carbonyl (C=O) groups excluding carboxylic acids is 1. The third kappa shape index (κ3) is 4.25. The Morgan fingerprint density at radius 3 is 2.71 bits per heavy atom. The Kier molecular flexibility index (Phi) is 5.17. The number of hydrogen-bond donors (Lipinski definition) is 2. The van der Waals surface area contributed by atoms with Crippen molar-refractivity contribution in [1.82, 2.24) is 15.3 Å². The van der Waals surface area contributed by atoms with Gasteiger partial charge in [0.15, 0.2) is 0 Å². The molecule has 0 saturated carbocycles. The van der Waals surface area contributed by atoms with E-state index < -0.39 is 0 Å². The number of nitrogens with one attached hydrogen (secondary N) is 2. The number of para-hydroxylation sites is 1. The summed E-state index contributed by atoms with van der Waals surface area (Å²) in [6.07, 6.45) is 3.61. The van der Waals surface area contributed by atoms with Crippen LogP contribution in [0.2, 0.25) is 0 Å². The average Bonchev–Trinajstić information content (AvgIpc) is 2.68. The summed E-state index contributed by atoms with van der Waals surface area (Å²) in [5.41, 5.74) is 2.86. The maximum atomic E-state index is 12.5. The van der Waals surface area contributed by atoms with Gasteiger partial charge in [0.2, 0.25) is 5.95 Å². The van der Waals surface area contributed by atoms with E-state index in [0.717, 1.165) is 48.8 Å². The van der Waals surface area contributed by atoms with Crippen molar-refractivity contribution >= 4 is 17.7 Å². The number of hydrogen-bond acceptors (Lipinski definition) is 5. The molecule has 4 rings (SSSR count). The highest BCUT2D eigenvalue weighted by molar-refractivity contribution is 5.89. The van der Waals surface area contributed by atoms with Gasteiger partial charge in [0.25, 0.3) is 0 Å². The topological polar surface area (TPSA) is 79.4 Å². The van der Waals surface area contributed by atoms with Gasteiger partial charge in [-0.05, 0) is 30.4 Å². The van der Waals surface area contributed by atoms with Crippen molar-refractivity contribution in [2.24, 2.45) is 5.41 Å². The molecule has 0 spiro atoms. The quantitative estimate of drug-likeness (QED) is 0.854. The molecule has 2 N–H and O–H groups in total. The maximum Gasteiger partial charge on any atom is 0.319 e. The molecule has 7 nitrogen and oxygen atoms in total. The normalized spacial score (nSPS) is 20.9. The molecule has 2 aliphatic rings. The SMILES string of the molecule is CC1(C)Cc2nc(N3CCOCC3)ncc2C(NC(=O)Nc2ccccc2)C1. The molecule has 1 aromatic heterocycles. The summed E-state index contributed by atoms with van der Waals surface area (Å²) in [7, 11) is 0. The third-order valence-corrected chi connectivity index (χ3v) is 5.30. The van der Waals surface area contributed by atoms with Crippen LogP contribution in [0.25, 0.3) is 0 Å². The van der Waals surface area contributed by atoms with Crippen LogP contribution in [0.15, 0.2) is 36.5 Å². The first kappa shape index (κ1) is 18.7. The fourth-order valence-corrected chi connectivity index (χ4v) is 3.93. The van der Waals surface area contributed by atoms with Gasteiger partial charge >= 0.3 is 6.03 Å². The van der Waals surface area contributed by atoms with Gasteiger partial charge in [0, 0.05) is 30.5 Å². The van der Waals surface area contributed by atoms with Crippen LogP contribution in [-0.4, -0.2) is 42.3 Å². The fourth-order valence-electron chi connectivity index (χ4n) is 3.93. The van der Waals surface area contributed by atoms with Crippen LogP contribution in [-0.2, 0) is 11.2 Å². The van der Waals surface area contributed by atoms with Crippen LogP contribution in [0.1, 0.15) is 37.6 Å². The van der Waals surface area contributed by atoms with E-state index in [-0.39, 0.29) is 17.5 Å². The molecule has 2 aromatic rings. The molecular formula is C21H27N5O2. The summed E-state index contributed by atoms with van der Waals surface area (Å²) in [6.45, 7) is 7.46. The van der Waals surface area contributed by atoms with Crippen LogP contribution in [0.5, 0.6) is 0 Å².